The molecule has 3 aromatic carbocycles. The largest absolute Gasteiger partial charge is 0.558 e. The molecule has 0 atom stereocenters. The average molecular weight is 399 g/mol. The molecule has 0 saturated heterocycles. The average Bonchev–Trinajstić information content (AvgIpc) is 2.78. The molecule has 3 aromatic rings. The molecule has 0 fully saturated rings. The molecule has 30 heavy (non-hydrogen) atoms. The van der Waals surface area contributed by atoms with E-state index in [1.807, 2.05) is 44.2 Å². The normalized spacial score (nSPS) is 13.1. The van der Waals surface area contributed by atoms with Crippen molar-refractivity contribution in [2.45, 2.75) is 38.9 Å². The van der Waals surface area contributed by atoms with Gasteiger partial charge in [0.1, 0.15) is 5.75 Å². The fourth-order valence-electron chi connectivity index (χ4n) is 3.36. The molecule has 0 aromatic heterocycles. The van der Waals surface area contributed by atoms with Gasteiger partial charge < -0.3 is 19.7 Å². The number of fused-ring (bicyclic) bond motifs is 4. The molecule has 0 radical (unpaired) electrons. The van der Waals surface area contributed by atoms with Crippen molar-refractivity contribution in [1.29, 1.82) is 0 Å². The summed E-state index contributed by atoms with van der Waals surface area (Å²) in [4.78, 5) is 0. The minimum absolute atomic E-state index is 0.390. The van der Waals surface area contributed by atoms with Gasteiger partial charge in [0, 0.05) is 11.3 Å². The highest BCUT2D eigenvalue weighted by Gasteiger charge is 2.35. The van der Waals surface area contributed by atoms with Gasteiger partial charge in [0.2, 0.25) is 0 Å². The van der Waals surface area contributed by atoms with Gasteiger partial charge in [0.25, 0.3) is 0 Å². The van der Waals surface area contributed by atoms with Crippen LogP contribution in [0.15, 0.2) is 66.7 Å². The quantitative estimate of drug-likeness (QED) is 0.663. The SMILES string of the molecule is CC(C)(O)C(C)(C)OBc1ccc2c(c1)OBc1ccccc1-c1ccccc1N2. The van der Waals surface area contributed by atoms with Gasteiger partial charge >= 0.3 is 15.0 Å². The van der Waals surface area contributed by atoms with Crippen LogP contribution >= 0.6 is 0 Å². The van der Waals surface area contributed by atoms with Gasteiger partial charge in [-0.05, 0) is 62.4 Å². The molecule has 0 saturated carbocycles. The molecule has 0 aliphatic carbocycles. The standard InChI is InChI=1S/C24H27B2NO3/c1-23(2,28)24(3,4)30-25-16-13-14-21-22(15-16)29-26-19-11-7-5-9-17(19)18-10-6-8-12-20(18)27-21/h5-15,25-28H,1-4H3. The van der Waals surface area contributed by atoms with Crippen LogP contribution in [-0.2, 0) is 4.65 Å². The van der Waals surface area contributed by atoms with E-state index in [1.54, 1.807) is 13.8 Å². The molecule has 152 valence electrons. The lowest BCUT2D eigenvalue weighted by atomic mass is 9.81. The van der Waals surface area contributed by atoms with Gasteiger partial charge in [-0.3, -0.25) is 0 Å². The predicted octanol–water partition coefficient (Wildman–Crippen LogP) is 3.01. The van der Waals surface area contributed by atoms with Crippen LogP contribution in [0.1, 0.15) is 27.7 Å². The molecule has 1 aliphatic heterocycles. The van der Waals surface area contributed by atoms with Gasteiger partial charge in [-0.2, -0.15) is 0 Å². The van der Waals surface area contributed by atoms with Crippen LogP contribution in [0, 0.1) is 0 Å². The van der Waals surface area contributed by atoms with Crippen molar-refractivity contribution in [3.63, 3.8) is 0 Å². The van der Waals surface area contributed by atoms with Crippen LogP contribution < -0.4 is 20.9 Å². The van der Waals surface area contributed by atoms with Crippen molar-refractivity contribution in [2.75, 3.05) is 5.32 Å². The summed E-state index contributed by atoms with van der Waals surface area (Å²) in [5.74, 6) is 0.781. The van der Waals surface area contributed by atoms with Crippen LogP contribution in [-0.4, -0.2) is 31.3 Å². The van der Waals surface area contributed by atoms with Gasteiger partial charge in [0.15, 0.2) is 0 Å². The number of hydrogen-bond donors (Lipinski definition) is 2. The molecule has 0 spiro atoms. The Hall–Kier alpha value is -2.69. The number of rotatable bonds is 4. The molecule has 4 nitrogen and oxygen atoms in total. The zero-order valence-electron chi connectivity index (χ0n) is 18.0. The van der Waals surface area contributed by atoms with Gasteiger partial charge in [0.05, 0.1) is 16.9 Å². The van der Waals surface area contributed by atoms with E-state index in [1.165, 1.54) is 5.56 Å². The summed E-state index contributed by atoms with van der Waals surface area (Å²) in [6.07, 6.45) is 0. The van der Waals surface area contributed by atoms with Crippen molar-refractivity contribution in [3.05, 3.63) is 66.7 Å². The minimum Gasteiger partial charge on any atom is -0.558 e. The zero-order valence-corrected chi connectivity index (χ0v) is 18.0. The van der Waals surface area contributed by atoms with Crippen LogP contribution in [0.4, 0.5) is 11.4 Å². The van der Waals surface area contributed by atoms with E-state index in [4.69, 9.17) is 9.31 Å². The lowest BCUT2D eigenvalue weighted by Gasteiger charge is -2.37. The summed E-state index contributed by atoms with van der Waals surface area (Å²) in [6.45, 7) is 7.32. The third kappa shape index (κ3) is 4.11. The first-order valence-corrected chi connectivity index (χ1v) is 10.3. The summed E-state index contributed by atoms with van der Waals surface area (Å²) in [5, 5.41) is 13.9. The Morgan fingerprint density at radius 3 is 2.37 bits per heavy atom. The van der Waals surface area contributed by atoms with Crippen LogP contribution in [0.5, 0.6) is 5.75 Å². The Bertz CT molecular complexity index is 1060. The number of para-hydroxylation sites is 1. The third-order valence-corrected chi connectivity index (χ3v) is 6.01. The first kappa shape index (κ1) is 20.6. The Labute approximate surface area is 179 Å². The molecule has 1 heterocycles. The van der Waals surface area contributed by atoms with E-state index in [2.05, 4.69) is 41.7 Å². The second kappa shape index (κ2) is 7.86. The lowest BCUT2D eigenvalue weighted by Crippen LogP contribution is -2.49. The van der Waals surface area contributed by atoms with Gasteiger partial charge in [-0.15, -0.1) is 0 Å². The van der Waals surface area contributed by atoms with E-state index in [-0.39, 0.29) is 0 Å². The Balaban J connectivity index is 1.66. The Kier molecular flexibility index (Phi) is 5.39. The maximum Gasteiger partial charge on any atom is 0.374 e. The summed E-state index contributed by atoms with van der Waals surface area (Å²) in [5.41, 5.74) is 4.81. The number of nitrogens with one attached hydrogen (secondary N) is 1. The molecular formula is C24H27B2NO3. The topological polar surface area (TPSA) is 50.7 Å². The highest BCUT2D eigenvalue weighted by atomic mass is 16.5. The van der Waals surface area contributed by atoms with Crippen LogP contribution in [0.3, 0.4) is 0 Å². The molecular weight excluding hydrogens is 372 g/mol. The van der Waals surface area contributed by atoms with E-state index < -0.39 is 11.2 Å². The summed E-state index contributed by atoms with van der Waals surface area (Å²) >= 11 is 0. The smallest absolute Gasteiger partial charge is 0.374 e. The number of hydrogen-bond acceptors (Lipinski definition) is 4. The molecule has 2 N–H and O–H groups in total. The second-order valence-corrected chi connectivity index (χ2v) is 8.80. The molecule has 0 bridgehead atoms. The van der Waals surface area contributed by atoms with Crippen molar-refractivity contribution in [3.8, 4) is 16.9 Å². The first-order chi connectivity index (χ1) is 14.2. The maximum atomic E-state index is 10.3. The van der Waals surface area contributed by atoms with E-state index in [0.717, 1.165) is 33.6 Å². The van der Waals surface area contributed by atoms with Crippen LogP contribution in [0.25, 0.3) is 11.1 Å². The first-order valence-electron chi connectivity index (χ1n) is 10.3. The number of aliphatic hydroxyl groups is 1. The van der Waals surface area contributed by atoms with Crippen molar-refractivity contribution < 1.29 is 14.4 Å². The Morgan fingerprint density at radius 1 is 0.900 bits per heavy atom. The summed E-state index contributed by atoms with van der Waals surface area (Å²) in [7, 11) is 0.874. The lowest BCUT2D eigenvalue weighted by molar-refractivity contribution is -0.0893. The third-order valence-electron chi connectivity index (χ3n) is 6.01. The van der Waals surface area contributed by atoms with Crippen molar-refractivity contribution >= 4 is 37.3 Å². The summed E-state index contributed by atoms with van der Waals surface area (Å²) < 4.78 is 12.3. The van der Waals surface area contributed by atoms with Crippen molar-refractivity contribution in [2.24, 2.45) is 0 Å². The molecule has 0 amide bonds. The van der Waals surface area contributed by atoms with Crippen molar-refractivity contribution in [1.82, 2.24) is 0 Å². The fraction of sp³-hybridized carbons (Fsp3) is 0.250. The molecule has 1 aliphatic rings. The Morgan fingerprint density at radius 2 is 1.60 bits per heavy atom. The zero-order chi connectivity index (χ0) is 21.4. The molecule has 4 rings (SSSR count). The van der Waals surface area contributed by atoms with Gasteiger partial charge in [-0.1, -0.05) is 48.5 Å². The number of benzene rings is 3. The van der Waals surface area contributed by atoms with Crippen LogP contribution in [0.2, 0.25) is 0 Å². The predicted molar refractivity (Wildman–Crippen MR) is 127 cm³/mol. The fourth-order valence-corrected chi connectivity index (χ4v) is 3.36. The van der Waals surface area contributed by atoms with E-state index in [0.29, 0.717) is 15.0 Å². The van der Waals surface area contributed by atoms with E-state index >= 15 is 0 Å². The van der Waals surface area contributed by atoms with E-state index in [9.17, 15) is 5.11 Å². The monoisotopic (exact) mass is 399 g/mol. The highest BCUT2D eigenvalue weighted by Crippen LogP contribution is 2.34. The minimum atomic E-state index is -0.944. The molecule has 0 unspecified atom stereocenters. The second-order valence-electron chi connectivity index (χ2n) is 8.80. The molecule has 6 heteroatoms. The highest BCUT2D eigenvalue weighted by molar-refractivity contribution is 6.51. The maximum absolute atomic E-state index is 10.3. The summed E-state index contributed by atoms with van der Waals surface area (Å²) in [6, 6.07) is 22.7. The van der Waals surface area contributed by atoms with Gasteiger partial charge in [-0.25, -0.2) is 0 Å². The number of anilines is 2.